The summed E-state index contributed by atoms with van der Waals surface area (Å²) in [5.74, 6) is 1.05. The van der Waals surface area contributed by atoms with E-state index in [1.54, 1.807) is 0 Å². The van der Waals surface area contributed by atoms with Crippen molar-refractivity contribution in [2.24, 2.45) is 5.41 Å². The predicted octanol–water partition coefficient (Wildman–Crippen LogP) is 11.1. The van der Waals surface area contributed by atoms with Crippen molar-refractivity contribution in [2.45, 2.75) is 143 Å². The van der Waals surface area contributed by atoms with Gasteiger partial charge in [-0.25, -0.2) is 0 Å². The molecule has 0 N–H and O–H groups in total. The Balaban J connectivity index is 2.12. The molecule has 0 unspecified atom stereocenters. The molecule has 2 aliphatic rings. The second kappa shape index (κ2) is 14.2. The summed E-state index contributed by atoms with van der Waals surface area (Å²) in [6, 6.07) is 0. The lowest BCUT2D eigenvalue weighted by Gasteiger charge is -2.45. The molecule has 0 spiro atoms. The third-order valence-electron chi connectivity index (χ3n) is 9.00. The summed E-state index contributed by atoms with van der Waals surface area (Å²) in [6.45, 7) is 22.9. The monoisotopic (exact) mass is 596 g/mol. The zero-order valence-electron chi connectivity index (χ0n) is 27.4. The van der Waals surface area contributed by atoms with E-state index in [4.69, 9.17) is 13.9 Å². The minimum Gasteiger partial charge on any atom is -0.545 e. The molecule has 1 heterocycles. The van der Waals surface area contributed by atoms with Gasteiger partial charge in [0.05, 0.1) is 23.7 Å². The van der Waals surface area contributed by atoms with Gasteiger partial charge in [0.2, 0.25) is 0 Å². The molecule has 0 bridgehead atoms. The summed E-state index contributed by atoms with van der Waals surface area (Å²) in [7, 11) is -2.09. The number of rotatable bonds is 16. The van der Waals surface area contributed by atoms with Crippen molar-refractivity contribution in [3.63, 3.8) is 0 Å². The van der Waals surface area contributed by atoms with E-state index < -0.39 is 21.1 Å². The van der Waals surface area contributed by atoms with Crippen molar-refractivity contribution in [2.75, 3.05) is 6.61 Å². The Hall–Kier alpha value is -1.73. The first kappa shape index (κ1) is 35.5. The predicted molar refractivity (Wildman–Crippen MR) is 167 cm³/mol. The smallest absolute Gasteiger partial charge is 0.422 e. The van der Waals surface area contributed by atoms with Crippen LogP contribution in [-0.4, -0.2) is 32.8 Å². The molecule has 0 aromatic rings. The fraction of sp³-hybridized carbons (Fsp3) is 0.706. The second-order valence-electron chi connectivity index (χ2n) is 13.7. The van der Waals surface area contributed by atoms with Gasteiger partial charge >= 0.3 is 6.18 Å². The van der Waals surface area contributed by atoms with Gasteiger partial charge in [-0.15, -0.1) is 0 Å². The molecule has 1 saturated heterocycles. The number of epoxide rings is 1. The molecule has 41 heavy (non-hydrogen) atoms. The van der Waals surface area contributed by atoms with Crippen molar-refractivity contribution in [3.05, 3.63) is 59.1 Å². The van der Waals surface area contributed by atoms with Gasteiger partial charge in [0, 0.05) is 5.41 Å². The van der Waals surface area contributed by atoms with Gasteiger partial charge in [-0.2, -0.15) is 13.2 Å². The van der Waals surface area contributed by atoms with Gasteiger partial charge in [0.25, 0.3) is 8.32 Å². The molecule has 0 aromatic carbocycles. The summed E-state index contributed by atoms with van der Waals surface area (Å²) in [6.07, 6.45) is 11.9. The standard InChI is InChI=1S/C34H55F3O3Si/c1-24(2)41(25(3)4,26(5)6)40-31-15-13-21-33(31,11)20-12-14-28(8)29(22-38-23-34(35,36)37)18-16-27(7)17-19-30-32(9,10)39-30/h13-16,21-22,24-26,30H,12,17-20,23H2,1-11H3/b27-16+,28-14+,29-22+/t30-,33+/m0/s1. The third kappa shape index (κ3) is 9.91. The molecule has 234 valence electrons. The number of allylic oxidation sites excluding steroid dienone is 8. The largest absolute Gasteiger partial charge is 0.545 e. The number of halogens is 3. The molecule has 0 amide bonds. The molecule has 1 aliphatic carbocycles. The molecule has 7 heteroatoms. The van der Waals surface area contributed by atoms with E-state index in [0.29, 0.717) is 23.0 Å². The van der Waals surface area contributed by atoms with Crippen LogP contribution in [-0.2, 0) is 13.9 Å². The van der Waals surface area contributed by atoms with Gasteiger partial charge < -0.3 is 13.9 Å². The highest BCUT2D eigenvalue weighted by Crippen LogP contribution is 2.48. The molecular formula is C34H55F3O3Si. The molecule has 1 fully saturated rings. The van der Waals surface area contributed by atoms with Gasteiger partial charge in [-0.05, 0) is 101 Å². The van der Waals surface area contributed by atoms with Crippen LogP contribution in [0, 0.1) is 5.41 Å². The Morgan fingerprint density at radius 2 is 1.61 bits per heavy atom. The van der Waals surface area contributed by atoms with E-state index in [9.17, 15) is 13.2 Å². The first-order valence-corrected chi connectivity index (χ1v) is 17.4. The average molecular weight is 597 g/mol. The van der Waals surface area contributed by atoms with Crippen LogP contribution < -0.4 is 0 Å². The van der Waals surface area contributed by atoms with Crippen LogP contribution in [0.25, 0.3) is 0 Å². The quantitative estimate of drug-likeness (QED) is 0.0584. The molecule has 0 radical (unpaired) electrons. The second-order valence-corrected chi connectivity index (χ2v) is 19.1. The minimum absolute atomic E-state index is 0.0383. The average Bonchev–Trinajstić information content (AvgIpc) is 3.29. The van der Waals surface area contributed by atoms with Crippen LogP contribution in [0.15, 0.2) is 59.1 Å². The van der Waals surface area contributed by atoms with E-state index >= 15 is 0 Å². The van der Waals surface area contributed by atoms with Gasteiger partial charge in [0.1, 0.15) is 0 Å². The summed E-state index contributed by atoms with van der Waals surface area (Å²) < 4.78 is 56.0. The van der Waals surface area contributed by atoms with Crippen LogP contribution in [0.5, 0.6) is 0 Å². The van der Waals surface area contributed by atoms with E-state index in [0.717, 1.165) is 42.6 Å². The van der Waals surface area contributed by atoms with Crippen molar-refractivity contribution in [3.8, 4) is 0 Å². The van der Waals surface area contributed by atoms with Crippen LogP contribution in [0.2, 0.25) is 16.6 Å². The van der Waals surface area contributed by atoms with Crippen LogP contribution in [0.4, 0.5) is 13.2 Å². The van der Waals surface area contributed by atoms with Crippen molar-refractivity contribution in [1.29, 1.82) is 0 Å². The van der Waals surface area contributed by atoms with Crippen molar-refractivity contribution in [1.82, 2.24) is 0 Å². The summed E-state index contributed by atoms with van der Waals surface area (Å²) >= 11 is 0. The Bertz CT molecular complexity index is 1010. The SMILES string of the molecule is C/C(=C\CC(=C\OCC(F)(F)F)/C(C)=C/CC[C@]1(C)C=CC=C1O[Si](C(C)C)(C(C)C)C(C)C)CC[C@@H]1OC1(C)C. The van der Waals surface area contributed by atoms with E-state index in [2.05, 4.69) is 99.6 Å². The van der Waals surface area contributed by atoms with E-state index in [-0.39, 0.29) is 17.1 Å². The van der Waals surface area contributed by atoms with Gasteiger partial charge in [0.15, 0.2) is 6.61 Å². The van der Waals surface area contributed by atoms with Gasteiger partial charge in [-0.3, -0.25) is 0 Å². The molecule has 1 aliphatic heterocycles. The Labute approximate surface area is 249 Å². The molecule has 3 nitrogen and oxygen atoms in total. The van der Waals surface area contributed by atoms with E-state index in [1.807, 2.05) is 6.92 Å². The maximum absolute atomic E-state index is 12.8. The van der Waals surface area contributed by atoms with Crippen LogP contribution in [0.1, 0.15) is 108 Å². The van der Waals surface area contributed by atoms with Crippen molar-refractivity contribution >= 4 is 8.32 Å². The lowest BCUT2D eigenvalue weighted by molar-refractivity contribution is -0.161. The maximum atomic E-state index is 12.8. The first-order valence-electron chi connectivity index (χ1n) is 15.3. The first-order chi connectivity index (χ1) is 18.8. The normalized spacial score (nSPS) is 23.6. The molecule has 0 aromatic heterocycles. The Morgan fingerprint density at radius 3 is 2.12 bits per heavy atom. The Kier molecular flexibility index (Phi) is 12.2. The topological polar surface area (TPSA) is 31.0 Å². The zero-order chi connectivity index (χ0) is 31.2. The maximum Gasteiger partial charge on any atom is 0.422 e. The number of ether oxygens (including phenoxy) is 2. The summed E-state index contributed by atoms with van der Waals surface area (Å²) in [5, 5.41) is 0. The molecule has 0 saturated carbocycles. The van der Waals surface area contributed by atoms with Gasteiger partial charge in [-0.1, -0.05) is 71.4 Å². The highest BCUT2D eigenvalue weighted by molar-refractivity contribution is 6.77. The number of alkyl halides is 3. The fourth-order valence-corrected chi connectivity index (χ4v) is 11.7. The highest BCUT2D eigenvalue weighted by Gasteiger charge is 2.49. The summed E-state index contributed by atoms with van der Waals surface area (Å²) in [5.41, 5.74) is 4.12. The summed E-state index contributed by atoms with van der Waals surface area (Å²) in [4.78, 5) is 0. The van der Waals surface area contributed by atoms with Crippen molar-refractivity contribution < 1.29 is 27.1 Å². The lowest BCUT2D eigenvalue weighted by Crippen LogP contribution is -2.48. The lowest BCUT2D eigenvalue weighted by atomic mass is 9.85. The van der Waals surface area contributed by atoms with Crippen LogP contribution in [0.3, 0.4) is 0 Å². The molecular weight excluding hydrogens is 541 g/mol. The third-order valence-corrected chi connectivity index (χ3v) is 15.0. The van der Waals surface area contributed by atoms with E-state index in [1.165, 1.54) is 11.8 Å². The Morgan fingerprint density at radius 1 is 1.02 bits per heavy atom. The number of hydrogen-bond acceptors (Lipinski definition) is 3. The fourth-order valence-electron chi connectivity index (χ4n) is 6.26. The number of hydrogen-bond donors (Lipinski definition) is 0. The van der Waals surface area contributed by atoms with Crippen LogP contribution >= 0.6 is 0 Å². The zero-order valence-corrected chi connectivity index (χ0v) is 28.4. The molecule has 2 rings (SSSR count). The molecule has 2 atom stereocenters. The minimum atomic E-state index is -4.37. The highest BCUT2D eigenvalue weighted by atomic mass is 28.4.